The molecule has 1 aromatic heterocycles. The molecule has 0 aliphatic carbocycles. The predicted molar refractivity (Wildman–Crippen MR) is 105 cm³/mol. The molecule has 1 aromatic carbocycles. The molecule has 0 amide bonds. The largest absolute Gasteiger partial charge is 0.462 e. The van der Waals surface area contributed by atoms with Gasteiger partial charge in [0.2, 0.25) is 5.52 Å². The molecule has 0 radical (unpaired) electrons. The third kappa shape index (κ3) is 4.76. The summed E-state index contributed by atoms with van der Waals surface area (Å²) in [5.74, 6) is -0.295. The first kappa shape index (κ1) is 19.6. The molecule has 1 saturated heterocycles. The maximum Gasteiger partial charge on any atom is 0.346 e. The molecule has 2 heterocycles. The molecule has 0 atom stereocenters. The van der Waals surface area contributed by atoms with E-state index in [1.165, 1.54) is 11.1 Å². The Bertz CT molecular complexity index is 801. The zero-order valence-electron chi connectivity index (χ0n) is 16.6. The number of pyridine rings is 1. The Balaban J connectivity index is 1.81. The standard InChI is InChI=1S/C21H29N3O3/c1-4-27-21(25)18-14-23-19-16(3)12-15(2)13-17(19)20(18)22-6-5-7-24-8-10-26-11-9-24/h12-14H,4-11H2,1-3H3,(H,22,23)/p+2. The van der Waals surface area contributed by atoms with Gasteiger partial charge in [0.1, 0.15) is 18.7 Å². The van der Waals surface area contributed by atoms with E-state index in [-0.39, 0.29) is 5.97 Å². The summed E-state index contributed by atoms with van der Waals surface area (Å²) < 4.78 is 10.7. The number of hydrogen-bond donors (Lipinski definition) is 2. The van der Waals surface area contributed by atoms with Crippen LogP contribution >= 0.6 is 0 Å². The zero-order chi connectivity index (χ0) is 19.2. The average molecular weight is 373 g/mol. The van der Waals surface area contributed by atoms with E-state index in [0.29, 0.717) is 12.2 Å². The van der Waals surface area contributed by atoms with Crippen molar-refractivity contribution in [1.82, 2.24) is 0 Å². The molecular weight excluding hydrogens is 342 g/mol. The third-order valence-electron chi connectivity index (χ3n) is 5.08. The molecule has 0 saturated carbocycles. The minimum absolute atomic E-state index is 0.295. The second-order valence-corrected chi connectivity index (χ2v) is 7.19. The van der Waals surface area contributed by atoms with Crippen molar-refractivity contribution in [2.45, 2.75) is 27.2 Å². The molecule has 27 heavy (non-hydrogen) atoms. The number of esters is 1. The van der Waals surface area contributed by atoms with E-state index in [2.05, 4.69) is 36.3 Å². The number of aromatic amines is 1. The number of hydrogen-bond acceptors (Lipinski definition) is 4. The number of nitrogens with one attached hydrogen (secondary N) is 3. The highest BCUT2D eigenvalue weighted by molar-refractivity contribution is 6.04. The van der Waals surface area contributed by atoms with Gasteiger partial charge in [-0.2, -0.15) is 0 Å². The van der Waals surface area contributed by atoms with Crippen molar-refractivity contribution < 1.29 is 24.2 Å². The van der Waals surface area contributed by atoms with Gasteiger partial charge in [-0.15, -0.1) is 0 Å². The van der Waals surface area contributed by atoms with Gasteiger partial charge >= 0.3 is 5.97 Å². The second-order valence-electron chi connectivity index (χ2n) is 7.19. The van der Waals surface area contributed by atoms with Crippen LogP contribution in [0.5, 0.6) is 0 Å². The fourth-order valence-corrected chi connectivity index (χ4v) is 3.74. The smallest absolute Gasteiger partial charge is 0.346 e. The van der Waals surface area contributed by atoms with E-state index < -0.39 is 0 Å². The Hall–Kier alpha value is -2.18. The second kappa shape index (κ2) is 9.15. The van der Waals surface area contributed by atoms with Gasteiger partial charge in [0, 0.05) is 18.5 Å². The van der Waals surface area contributed by atoms with Crippen LogP contribution in [0.15, 0.2) is 18.3 Å². The molecule has 0 unspecified atom stereocenters. The van der Waals surface area contributed by atoms with Crippen LogP contribution in [0.3, 0.4) is 0 Å². The Morgan fingerprint density at radius 1 is 1.30 bits per heavy atom. The number of benzene rings is 1. The number of H-pyrrole nitrogens is 1. The molecule has 1 fully saturated rings. The van der Waals surface area contributed by atoms with Crippen LogP contribution in [-0.4, -0.2) is 52.0 Å². The van der Waals surface area contributed by atoms with Crippen molar-refractivity contribution in [2.75, 3.05) is 51.3 Å². The first-order chi connectivity index (χ1) is 13.1. The van der Waals surface area contributed by atoms with Crippen molar-refractivity contribution in [3.8, 4) is 0 Å². The number of aromatic nitrogens is 1. The number of anilines is 1. The number of carbonyl (C=O) groups is 1. The van der Waals surface area contributed by atoms with E-state index in [4.69, 9.17) is 9.47 Å². The summed E-state index contributed by atoms with van der Waals surface area (Å²) in [6.45, 7) is 12.2. The average Bonchev–Trinajstić information content (AvgIpc) is 2.66. The molecule has 1 aliphatic rings. The fourth-order valence-electron chi connectivity index (χ4n) is 3.74. The van der Waals surface area contributed by atoms with Crippen molar-refractivity contribution >= 4 is 22.6 Å². The molecule has 146 valence electrons. The van der Waals surface area contributed by atoms with Crippen LogP contribution in [0.2, 0.25) is 0 Å². The lowest BCUT2D eigenvalue weighted by molar-refractivity contribution is -0.908. The lowest BCUT2D eigenvalue weighted by atomic mass is 10.0. The first-order valence-electron chi connectivity index (χ1n) is 9.88. The van der Waals surface area contributed by atoms with E-state index in [1.54, 1.807) is 11.1 Å². The highest BCUT2D eigenvalue weighted by atomic mass is 16.5. The van der Waals surface area contributed by atoms with Crippen molar-refractivity contribution in [3.63, 3.8) is 0 Å². The summed E-state index contributed by atoms with van der Waals surface area (Å²) >= 11 is 0. The minimum atomic E-state index is -0.295. The normalized spacial score (nSPS) is 15.1. The molecule has 6 nitrogen and oxygen atoms in total. The molecular formula is C21H31N3O3+2. The Labute approximate surface area is 160 Å². The number of aryl methyl sites for hydroxylation is 2. The lowest BCUT2D eigenvalue weighted by Gasteiger charge is -2.23. The van der Waals surface area contributed by atoms with Gasteiger partial charge in [-0.25, -0.2) is 9.78 Å². The topological polar surface area (TPSA) is 66.1 Å². The van der Waals surface area contributed by atoms with E-state index in [9.17, 15) is 4.79 Å². The maximum atomic E-state index is 12.5. The van der Waals surface area contributed by atoms with Crippen molar-refractivity contribution in [3.05, 3.63) is 35.0 Å². The molecule has 3 rings (SSSR count). The zero-order valence-corrected chi connectivity index (χ0v) is 16.6. The SMILES string of the molecule is CCOC(=O)c1c[nH+]c2c(C)cc(C)cc2c1NCCC[NH+]1CCOCC1. The highest BCUT2D eigenvalue weighted by Gasteiger charge is 2.21. The van der Waals surface area contributed by atoms with Gasteiger partial charge < -0.3 is 19.7 Å². The molecule has 0 spiro atoms. The number of ether oxygens (including phenoxy) is 2. The van der Waals surface area contributed by atoms with Gasteiger partial charge in [0.25, 0.3) is 0 Å². The van der Waals surface area contributed by atoms with E-state index in [1.807, 2.05) is 6.92 Å². The number of rotatable bonds is 7. The quantitative estimate of drug-likeness (QED) is 0.565. The monoisotopic (exact) mass is 373 g/mol. The van der Waals surface area contributed by atoms with Crippen LogP contribution < -0.4 is 15.2 Å². The Morgan fingerprint density at radius 3 is 2.81 bits per heavy atom. The minimum Gasteiger partial charge on any atom is -0.462 e. The summed E-state index contributed by atoms with van der Waals surface area (Å²) in [5, 5.41) is 4.56. The van der Waals surface area contributed by atoms with Crippen molar-refractivity contribution in [2.24, 2.45) is 0 Å². The van der Waals surface area contributed by atoms with Gasteiger partial charge in [0.05, 0.1) is 37.4 Å². The summed E-state index contributed by atoms with van der Waals surface area (Å²) in [4.78, 5) is 17.3. The first-order valence-corrected chi connectivity index (χ1v) is 9.88. The van der Waals surface area contributed by atoms with Gasteiger partial charge in [-0.3, -0.25) is 0 Å². The molecule has 1 aliphatic heterocycles. The summed E-state index contributed by atoms with van der Waals surface area (Å²) in [6, 6.07) is 4.27. The lowest BCUT2D eigenvalue weighted by Crippen LogP contribution is -3.14. The van der Waals surface area contributed by atoms with E-state index in [0.717, 1.165) is 62.4 Å². The molecule has 6 heteroatoms. The number of morpholine rings is 1. The number of fused-ring (bicyclic) bond motifs is 1. The van der Waals surface area contributed by atoms with Crippen molar-refractivity contribution in [1.29, 1.82) is 0 Å². The summed E-state index contributed by atoms with van der Waals surface area (Å²) in [6.07, 6.45) is 2.81. The van der Waals surface area contributed by atoms with Gasteiger partial charge in [-0.05, 0) is 38.5 Å². The van der Waals surface area contributed by atoms with Gasteiger partial charge in [-0.1, -0.05) is 0 Å². The van der Waals surface area contributed by atoms with Crippen LogP contribution in [0, 0.1) is 13.8 Å². The molecule has 2 aromatic rings. The predicted octanol–water partition coefficient (Wildman–Crippen LogP) is 1.16. The Morgan fingerprint density at radius 2 is 2.07 bits per heavy atom. The molecule has 3 N–H and O–H groups in total. The van der Waals surface area contributed by atoms with Crippen LogP contribution in [-0.2, 0) is 9.47 Å². The molecule has 0 bridgehead atoms. The van der Waals surface area contributed by atoms with Crippen LogP contribution in [0.4, 0.5) is 5.69 Å². The maximum absolute atomic E-state index is 12.5. The van der Waals surface area contributed by atoms with Crippen LogP contribution in [0.25, 0.3) is 10.9 Å². The summed E-state index contributed by atoms with van der Waals surface area (Å²) in [7, 11) is 0. The van der Waals surface area contributed by atoms with Gasteiger partial charge in [0.15, 0.2) is 6.20 Å². The van der Waals surface area contributed by atoms with Crippen LogP contribution in [0.1, 0.15) is 34.8 Å². The Kier molecular flexibility index (Phi) is 6.63. The number of quaternary nitrogens is 1. The number of carbonyl (C=O) groups excluding carboxylic acids is 1. The van der Waals surface area contributed by atoms with E-state index >= 15 is 0 Å². The summed E-state index contributed by atoms with van der Waals surface area (Å²) in [5.41, 5.74) is 4.82. The third-order valence-corrected chi connectivity index (χ3v) is 5.08. The fraction of sp³-hybridized carbons (Fsp3) is 0.524. The highest BCUT2D eigenvalue weighted by Crippen LogP contribution is 2.28.